The van der Waals surface area contributed by atoms with E-state index in [4.69, 9.17) is 15.8 Å². The molecule has 4 heterocycles. The van der Waals surface area contributed by atoms with Crippen molar-refractivity contribution in [2.45, 2.75) is 19.4 Å². The van der Waals surface area contributed by atoms with Gasteiger partial charge < -0.3 is 15.5 Å². The third kappa shape index (κ3) is 2.34. The van der Waals surface area contributed by atoms with Gasteiger partial charge in [-0.25, -0.2) is 9.97 Å². The van der Waals surface area contributed by atoms with Crippen molar-refractivity contribution in [3.8, 4) is 0 Å². The molecule has 23 heavy (non-hydrogen) atoms. The van der Waals surface area contributed by atoms with Gasteiger partial charge in [-0.2, -0.15) is 4.52 Å². The predicted molar refractivity (Wildman–Crippen MR) is 92.7 cm³/mol. The maximum atomic E-state index is 5.88. The second-order valence-electron chi connectivity index (χ2n) is 5.74. The fourth-order valence-electron chi connectivity index (χ4n) is 2.87. The third-order valence-corrected chi connectivity index (χ3v) is 4.95. The van der Waals surface area contributed by atoms with Gasteiger partial charge in [0.1, 0.15) is 5.82 Å². The summed E-state index contributed by atoms with van der Waals surface area (Å²) in [5.41, 5.74) is 7.76. The van der Waals surface area contributed by atoms with E-state index in [1.165, 1.54) is 0 Å². The highest BCUT2D eigenvalue weighted by Crippen LogP contribution is 2.30. The fraction of sp³-hybridized carbons (Fsp3) is 0.400. The van der Waals surface area contributed by atoms with Crippen LogP contribution in [-0.4, -0.2) is 45.8 Å². The molecule has 1 fully saturated rings. The van der Waals surface area contributed by atoms with Gasteiger partial charge in [0, 0.05) is 37.8 Å². The van der Waals surface area contributed by atoms with Gasteiger partial charge in [-0.1, -0.05) is 6.92 Å². The quantitative estimate of drug-likeness (QED) is 0.784. The molecule has 120 valence electrons. The van der Waals surface area contributed by atoms with Crippen LogP contribution in [0.15, 0.2) is 23.7 Å². The molecule has 0 saturated carbocycles. The average molecular weight is 329 g/mol. The van der Waals surface area contributed by atoms with Crippen molar-refractivity contribution < 1.29 is 0 Å². The maximum absolute atomic E-state index is 5.88. The number of aryl methyl sites for hydroxylation is 1. The van der Waals surface area contributed by atoms with Crippen LogP contribution in [0.5, 0.6) is 0 Å². The minimum atomic E-state index is 0.249. The van der Waals surface area contributed by atoms with Crippen LogP contribution in [-0.2, 0) is 6.42 Å². The Balaban J connectivity index is 1.81. The Hall–Kier alpha value is -2.19. The maximum Gasteiger partial charge on any atom is 0.190 e. The van der Waals surface area contributed by atoms with Crippen molar-refractivity contribution in [1.82, 2.24) is 19.6 Å². The number of nitrogens with zero attached hydrogens (tertiary/aromatic N) is 6. The zero-order valence-corrected chi connectivity index (χ0v) is 14.0. The molecule has 7 nitrogen and oxygen atoms in total. The molecule has 4 rings (SSSR count). The standard InChI is InChI=1S/C15H19N7S/c1-3-11-14(20(2)15-17-6-7-23-15)22-12(18-11)4-5-13(19-22)21-8-10(16)9-21/h4-7,10H,3,8-9,16H2,1-2H3. The van der Waals surface area contributed by atoms with Crippen LogP contribution in [0.4, 0.5) is 16.8 Å². The molecule has 2 N–H and O–H groups in total. The normalized spacial score (nSPS) is 15.2. The van der Waals surface area contributed by atoms with Gasteiger partial charge in [-0.05, 0) is 18.6 Å². The van der Waals surface area contributed by atoms with E-state index < -0.39 is 0 Å². The molecule has 0 aromatic carbocycles. The first-order chi connectivity index (χ1) is 11.2. The lowest BCUT2D eigenvalue weighted by Crippen LogP contribution is -2.56. The first kappa shape index (κ1) is 14.4. The molecule has 1 aliphatic heterocycles. The van der Waals surface area contributed by atoms with Crippen molar-refractivity contribution in [3.05, 3.63) is 29.4 Å². The number of anilines is 3. The Labute approximate surface area is 138 Å². The molecular weight excluding hydrogens is 310 g/mol. The van der Waals surface area contributed by atoms with Crippen molar-refractivity contribution in [1.29, 1.82) is 0 Å². The number of imidazole rings is 1. The smallest absolute Gasteiger partial charge is 0.190 e. The number of hydrogen-bond acceptors (Lipinski definition) is 7. The number of hydrogen-bond donors (Lipinski definition) is 1. The predicted octanol–water partition coefficient (Wildman–Crippen LogP) is 1.66. The Morgan fingerprint density at radius 3 is 2.87 bits per heavy atom. The van der Waals surface area contributed by atoms with Crippen LogP contribution >= 0.6 is 11.3 Å². The van der Waals surface area contributed by atoms with Gasteiger partial charge in [0.15, 0.2) is 16.6 Å². The van der Waals surface area contributed by atoms with Crippen molar-refractivity contribution >= 4 is 33.8 Å². The van der Waals surface area contributed by atoms with E-state index in [0.717, 1.165) is 47.6 Å². The van der Waals surface area contributed by atoms with Gasteiger partial charge in [-0.15, -0.1) is 16.4 Å². The van der Waals surface area contributed by atoms with E-state index in [-0.39, 0.29) is 6.04 Å². The molecule has 0 atom stereocenters. The number of rotatable bonds is 4. The Morgan fingerprint density at radius 1 is 1.39 bits per heavy atom. The topological polar surface area (TPSA) is 75.6 Å². The summed E-state index contributed by atoms with van der Waals surface area (Å²) in [5.74, 6) is 1.91. The number of thiazole rings is 1. The SMILES string of the molecule is CCc1nc2ccc(N3CC(N)C3)nn2c1N(C)c1nccs1. The van der Waals surface area contributed by atoms with Gasteiger partial charge in [0.05, 0.1) is 5.69 Å². The number of nitrogens with two attached hydrogens (primary N) is 1. The Bertz CT molecular complexity index is 820. The monoisotopic (exact) mass is 329 g/mol. The summed E-state index contributed by atoms with van der Waals surface area (Å²) in [7, 11) is 2.01. The lowest BCUT2D eigenvalue weighted by Gasteiger charge is -2.37. The molecule has 0 bridgehead atoms. The van der Waals surface area contributed by atoms with E-state index >= 15 is 0 Å². The van der Waals surface area contributed by atoms with Crippen LogP contribution < -0.4 is 15.5 Å². The van der Waals surface area contributed by atoms with Crippen LogP contribution in [0.1, 0.15) is 12.6 Å². The second-order valence-corrected chi connectivity index (χ2v) is 6.61. The summed E-state index contributed by atoms with van der Waals surface area (Å²) in [4.78, 5) is 13.4. The second kappa shape index (κ2) is 5.47. The van der Waals surface area contributed by atoms with E-state index in [2.05, 4.69) is 21.7 Å². The zero-order chi connectivity index (χ0) is 16.0. The van der Waals surface area contributed by atoms with E-state index in [1.54, 1.807) is 11.3 Å². The van der Waals surface area contributed by atoms with Gasteiger partial charge >= 0.3 is 0 Å². The van der Waals surface area contributed by atoms with Gasteiger partial charge in [0.25, 0.3) is 0 Å². The minimum Gasteiger partial charge on any atom is -0.352 e. The number of aromatic nitrogens is 4. The zero-order valence-electron chi connectivity index (χ0n) is 13.2. The highest BCUT2D eigenvalue weighted by Gasteiger charge is 2.26. The summed E-state index contributed by atoms with van der Waals surface area (Å²) in [6.45, 7) is 3.81. The van der Waals surface area contributed by atoms with Gasteiger partial charge in [0.2, 0.25) is 0 Å². The van der Waals surface area contributed by atoms with Crippen LogP contribution in [0.3, 0.4) is 0 Å². The fourth-order valence-corrected chi connectivity index (χ4v) is 3.48. The van der Waals surface area contributed by atoms with Crippen molar-refractivity contribution in [2.24, 2.45) is 5.73 Å². The van der Waals surface area contributed by atoms with E-state index in [1.807, 2.05) is 35.3 Å². The van der Waals surface area contributed by atoms with Crippen molar-refractivity contribution in [2.75, 3.05) is 29.9 Å². The largest absolute Gasteiger partial charge is 0.352 e. The molecule has 0 unspecified atom stereocenters. The summed E-state index contributed by atoms with van der Waals surface area (Å²) in [5, 5.41) is 7.69. The molecule has 0 radical (unpaired) electrons. The molecule has 8 heteroatoms. The average Bonchev–Trinajstić information content (AvgIpc) is 3.17. The molecule has 0 spiro atoms. The molecular formula is C15H19N7S. The summed E-state index contributed by atoms with van der Waals surface area (Å²) in [6.07, 6.45) is 2.66. The summed E-state index contributed by atoms with van der Waals surface area (Å²) < 4.78 is 1.92. The van der Waals surface area contributed by atoms with Gasteiger partial charge in [-0.3, -0.25) is 0 Å². The Morgan fingerprint density at radius 2 is 2.22 bits per heavy atom. The Kier molecular flexibility index (Phi) is 3.42. The van der Waals surface area contributed by atoms with E-state index in [0.29, 0.717) is 0 Å². The van der Waals surface area contributed by atoms with Crippen molar-refractivity contribution in [3.63, 3.8) is 0 Å². The van der Waals surface area contributed by atoms with Crippen LogP contribution in [0, 0.1) is 0 Å². The molecule has 3 aromatic heterocycles. The summed E-state index contributed by atoms with van der Waals surface area (Å²) >= 11 is 1.60. The first-order valence-electron chi connectivity index (χ1n) is 7.69. The molecule has 0 amide bonds. The highest BCUT2D eigenvalue weighted by molar-refractivity contribution is 7.13. The molecule has 1 aliphatic rings. The van der Waals surface area contributed by atoms with Crippen LogP contribution in [0.2, 0.25) is 0 Å². The minimum absolute atomic E-state index is 0.249. The molecule has 0 aliphatic carbocycles. The summed E-state index contributed by atoms with van der Waals surface area (Å²) in [6, 6.07) is 4.28. The first-order valence-corrected chi connectivity index (χ1v) is 8.57. The number of fused-ring (bicyclic) bond motifs is 1. The third-order valence-electron chi connectivity index (χ3n) is 4.10. The lowest BCUT2D eigenvalue weighted by atomic mass is 10.1. The molecule has 3 aromatic rings. The van der Waals surface area contributed by atoms with Crippen LogP contribution in [0.25, 0.3) is 5.65 Å². The lowest BCUT2D eigenvalue weighted by molar-refractivity contribution is 0.511. The highest BCUT2D eigenvalue weighted by atomic mass is 32.1. The molecule has 1 saturated heterocycles. The van der Waals surface area contributed by atoms with E-state index in [9.17, 15) is 0 Å².